The van der Waals surface area contributed by atoms with Crippen LogP contribution in [-0.4, -0.2) is 44.4 Å². The first kappa shape index (κ1) is 25.7. The highest BCUT2D eigenvalue weighted by Gasteiger charge is 2.33. The predicted molar refractivity (Wildman–Crippen MR) is 139 cm³/mol. The van der Waals surface area contributed by atoms with Gasteiger partial charge in [0.15, 0.2) is 16.4 Å². The van der Waals surface area contributed by atoms with Crippen LogP contribution in [0, 0.1) is 5.92 Å². The van der Waals surface area contributed by atoms with Gasteiger partial charge < -0.3 is 15.4 Å². The topological polar surface area (TPSA) is 102 Å². The largest absolute Gasteiger partial charge is 0.484 e. The highest BCUT2D eigenvalue weighted by Crippen LogP contribution is 2.40. The van der Waals surface area contributed by atoms with Gasteiger partial charge in [-0.25, -0.2) is 8.42 Å². The van der Waals surface area contributed by atoms with Crippen molar-refractivity contribution in [1.29, 1.82) is 0 Å². The van der Waals surface area contributed by atoms with Crippen LogP contribution in [0.3, 0.4) is 0 Å². The van der Waals surface area contributed by atoms with E-state index in [0.717, 1.165) is 29.7 Å². The Morgan fingerprint density at radius 2 is 1.86 bits per heavy atom. The van der Waals surface area contributed by atoms with Crippen molar-refractivity contribution in [2.45, 2.75) is 64.8 Å². The highest BCUT2D eigenvalue weighted by atomic mass is 32.2. The highest BCUT2D eigenvalue weighted by molar-refractivity contribution is 7.91. The van der Waals surface area contributed by atoms with Crippen LogP contribution in [-0.2, 0) is 32.9 Å². The monoisotopic (exact) mass is 518 g/mol. The zero-order valence-corrected chi connectivity index (χ0v) is 22.4. The van der Waals surface area contributed by atoms with E-state index in [2.05, 4.69) is 38.3 Å². The maximum atomic E-state index is 13.2. The lowest BCUT2D eigenvalue weighted by Gasteiger charge is -2.19. The van der Waals surface area contributed by atoms with Crippen LogP contribution in [0.2, 0.25) is 0 Å². The normalized spacial score (nSPS) is 21.3. The van der Waals surface area contributed by atoms with Crippen LogP contribution >= 0.6 is 11.3 Å². The Hall–Kier alpha value is -2.39. The fourth-order valence-corrected chi connectivity index (χ4v) is 7.71. The second-order valence-electron chi connectivity index (χ2n) is 10.7. The molecule has 2 aliphatic rings. The molecule has 0 saturated carbocycles. The number of rotatable bonds is 6. The van der Waals surface area contributed by atoms with Gasteiger partial charge in [-0.3, -0.25) is 9.59 Å². The number of anilines is 1. The number of fused-ring (bicyclic) bond motifs is 1. The van der Waals surface area contributed by atoms with Gasteiger partial charge in [0, 0.05) is 10.9 Å². The molecule has 190 valence electrons. The maximum Gasteiger partial charge on any atom is 0.262 e. The summed E-state index contributed by atoms with van der Waals surface area (Å²) in [6, 6.07) is 7.30. The van der Waals surface area contributed by atoms with Crippen molar-refractivity contribution in [1.82, 2.24) is 5.32 Å². The van der Waals surface area contributed by atoms with Crippen molar-refractivity contribution in [2.75, 3.05) is 23.4 Å². The number of nitrogens with one attached hydrogen (secondary N) is 2. The predicted octanol–water partition coefficient (Wildman–Crippen LogP) is 4.10. The zero-order chi connectivity index (χ0) is 25.4. The first-order valence-corrected chi connectivity index (χ1v) is 14.7. The van der Waals surface area contributed by atoms with E-state index < -0.39 is 15.9 Å². The Morgan fingerprint density at radius 3 is 2.49 bits per heavy atom. The van der Waals surface area contributed by atoms with Gasteiger partial charge in [-0.05, 0) is 60.3 Å². The first-order chi connectivity index (χ1) is 16.4. The summed E-state index contributed by atoms with van der Waals surface area (Å²) in [6.45, 7) is 8.42. The molecule has 7 nitrogen and oxygen atoms in total. The minimum Gasteiger partial charge on any atom is -0.484 e. The van der Waals surface area contributed by atoms with E-state index in [1.54, 1.807) is 0 Å². The Bertz CT molecular complexity index is 1210. The van der Waals surface area contributed by atoms with Crippen LogP contribution in [0.25, 0.3) is 0 Å². The molecule has 2 amide bonds. The molecule has 4 rings (SSSR count). The van der Waals surface area contributed by atoms with Gasteiger partial charge in [-0.1, -0.05) is 39.8 Å². The number of hydrogen-bond donors (Lipinski definition) is 2. The van der Waals surface area contributed by atoms with Gasteiger partial charge in [0.2, 0.25) is 0 Å². The summed E-state index contributed by atoms with van der Waals surface area (Å²) in [5.41, 5.74) is 2.66. The molecule has 35 heavy (non-hydrogen) atoms. The number of carbonyl (C=O) groups excluding carboxylic acids is 2. The van der Waals surface area contributed by atoms with Gasteiger partial charge in [-0.15, -0.1) is 11.3 Å². The number of hydrogen-bond acceptors (Lipinski definition) is 6. The summed E-state index contributed by atoms with van der Waals surface area (Å²) >= 11 is 1.44. The maximum absolute atomic E-state index is 13.2. The molecule has 0 bridgehead atoms. The van der Waals surface area contributed by atoms with Crippen LogP contribution in [0.1, 0.15) is 66.9 Å². The molecule has 2 aromatic rings. The fourth-order valence-electron chi connectivity index (χ4n) is 4.61. The number of amides is 2. The summed E-state index contributed by atoms with van der Waals surface area (Å²) in [6.07, 6.45) is 3.03. The fraction of sp³-hybridized carbons (Fsp3) is 0.538. The third-order valence-electron chi connectivity index (χ3n) is 6.65. The third-order valence-corrected chi connectivity index (χ3v) is 9.59. The molecule has 1 aromatic heterocycles. The standard InChI is InChI=1S/C26H34N2O5S2/c1-16-5-10-20-21(13-16)34-25(23(20)24(30)27-18-11-12-35(31,32)15-18)28-22(29)14-33-19-8-6-17(7-9-19)26(2,3)4/h6-9,16,18H,5,10-15H2,1-4H3,(H,27,30)(H,28,29). The molecule has 1 saturated heterocycles. The van der Waals surface area contributed by atoms with Crippen LogP contribution < -0.4 is 15.4 Å². The van der Waals surface area contributed by atoms with E-state index in [9.17, 15) is 18.0 Å². The van der Waals surface area contributed by atoms with Gasteiger partial charge in [0.05, 0.1) is 17.1 Å². The van der Waals surface area contributed by atoms with Gasteiger partial charge >= 0.3 is 0 Å². The van der Waals surface area contributed by atoms with Crippen molar-refractivity contribution < 1.29 is 22.7 Å². The number of sulfone groups is 1. The van der Waals surface area contributed by atoms with Crippen molar-refractivity contribution in [3.05, 3.63) is 45.8 Å². The molecule has 2 N–H and O–H groups in total. The van der Waals surface area contributed by atoms with Crippen molar-refractivity contribution >= 4 is 38.0 Å². The quantitative estimate of drug-likeness (QED) is 0.599. The van der Waals surface area contributed by atoms with Crippen LogP contribution in [0.5, 0.6) is 5.75 Å². The molecule has 9 heteroatoms. The molecule has 1 aliphatic heterocycles. The molecule has 2 atom stereocenters. The lowest BCUT2D eigenvalue weighted by Crippen LogP contribution is -2.36. The van der Waals surface area contributed by atoms with E-state index >= 15 is 0 Å². The van der Waals surface area contributed by atoms with Crippen molar-refractivity contribution in [2.24, 2.45) is 5.92 Å². The van der Waals surface area contributed by atoms with E-state index in [1.165, 1.54) is 16.9 Å². The van der Waals surface area contributed by atoms with Gasteiger partial charge in [0.25, 0.3) is 11.8 Å². The van der Waals surface area contributed by atoms with Crippen LogP contribution in [0.15, 0.2) is 24.3 Å². The molecule has 1 fully saturated rings. The molecule has 1 aliphatic carbocycles. The average Bonchev–Trinajstić information content (AvgIpc) is 3.29. The minimum absolute atomic E-state index is 0.0331. The molecule has 0 radical (unpaired) electrons. The molecular weight excluding hydrogens is 484 g/mol. The third kappa shape index (κ3) is 6.25. The van der Waals surface area contributed by atoms with Gasteiger partial charge in [0.1, 0.15) is 10.8 Å². The number of carbonyl (C=O) groups is 2. The minimum atomic E-state index is -3.11. The second kappa shape index (κ2) is 9.93. The average molecular weight is 519 g/mol. The van der Waals surface area contributed by atoms with E-state index in [1.807, 2.05) is 24.3 Å². The summed E-state index contributed by atoms with van der Waals surface area (Å²) in [5.74, 6) is 0.524. The lowest BCUT2D eigenvalue weighted by molar-refractivity contribution is -0.118. The van der Waals surface area contributed by atoms with Crippen molar-refractivity contribution in [3.63, 3.8) is 0 Å². The molecular formula is C26H34N2O5S2. The Labute approximate surface area is 211 Å². The second-order valence-corrected chi connectivity index (χ2v) is 14.1. The molecule has 0 spiro atoms. The number of thiophene rings is 1. The first-order valence-electron chi connectivity index (χ1n) is 12.1. The number of benzene rings is 1. The zero-order valence-electron chi connectivity index (χ0n) is 20.8. The van der Waals surface area contributed by atoms with E-state index in [4.69, 9.17) is 4.74 Å². The molecule has 2 unspecified atom stereocenters. The van der Waals surface area contributed by atoms with Gasteiger partial charge in [-0.2, -0.15) is 0 Å². The summed E-state index contributed by atoms with van der Waals surface area (Å²) in [7, 11) is -3.11. The number of ether oxygens (including phenoxy) is 1. The Kier molecular flexibility index (Phi) is 7.29. The van der Waals surface area contributed by atoms with Crippen LogP contribution in [0.4, 0.5) is 5.00 Å². The van der Waals surface area contributed by atoms with E-state index in [-0.39, 0.29) is 35.3 Å². The molecule has 1 aromatic carbocycles. The lowest BCUT2D eigenvalue weighted by atomic mass is 9.87. The van der Waals surface area contributed by atoms with Crippen molar-refractivity contribution in [3.8, 4) is 5.75 Å². The summed E-state index contributed by atoms with van der Waals surface area (Å²) < 4.78 is 29.3. The summed E-state index contributed by atoms with van der Waals surface area (Å²) in [4.78, 5) is 27.1. The SMILES string of the molecule is CC1CCc2c(sc(NC(=O)COc3ccc(C(C)(C)C)cc3)c2C(=O)NC2CCS(=O)(=O)C2)C1. The summed E-state index contributed by atoms with van der Waals surface area (Å²) in [5, 5.41) is 6.29. The Balaban J connectivity index is 1.46. The Morgan fingerprint density at radius 1 is 1.14 bits per heavy atom. The molecule has 2 heterocycles. The van der Waals surface area contributed by atoms with E-state index in [0.29, 0.717) is 28.7 Å². The smallest absolute Gasteiger partial charge is 0.262 e.